The van der Waals surface area contributed by atoms with Gasteiger partial charge in [-0.25, -0.2) is 4.79 Å². The number of benzene rings is 2. The maximum Gasteiger partial charge on any atom is 0.344 e. The number of nitrogens with one attached hydrogen (secondary N) is 1. The van der Waals surface area contributed by atoms with Crippen LogP contribution in [0.4, 0.5) is 5.69 Å². The zero-order chi connectivity index (χ0) is 22.0. The normalized spacial score (nSPS) is 16.4. The summed E-state index contributed by atoms with van der Waals surface area (Å²) < 4.78 is 5.28. The Labute approximate surface area is 179 Å². The molecule has 2 amide bonds. The van der Waals surface area contributed by atoms with Crippen LogP contribution in [0.3, 0.4) is 0 Å². The van der Waals surface area contributed by atoms with Crippen LogP contribution in [-0.2, 0) is 14.4 Å². The third kappa shape index (κ3) is 4.23. The summed E-state index contributed by atoms with van der Waals surface area (Å²) in [7, 11) is 0. The van der Waals surface area contributed by atoms with Gasteiger partial charge in [0, 0.05) is 0 Å². The number of aryl methyl sites for hydroxylation is 1. The molecule has 1 aliphatic heterocycles. The minimum Gasteiger partial charge on any atom is -0.479 e. The largest absolute Gasteiger partial charge is 0.479 e. The first kappa shape index (κ1) is 21.2. The van der Waals surface area contributed by atoms with Crippen molar-refractivity contribution in [1.82, 2.24) is 5.32 Å². The second-order valence-corrected chi connectivity index (χ2v) is 7.23. The van der Waals surface area contributed by atoms with E-state index in [1.165, 1.54) is 17.9 Å². The van der Waals surface area contributed by atoms with Gasteiger partial charge in [0.1, 0.15) is 11.3 Å². The third-order valence-corrected chi connectivity index (χ3v) is 5.05. The molecule has 1 heterocycles. The summed E-state index contributed by atoms with van der Waals surface area (Å²) in [5.74, 6) is -1.80. The number of carboxylic acid groups (broad SMARTS) is 1. The van der Waals surface area contributed by atoms with Gasteiger partial charge in [-0.15, -0.1) is 0 Å². The standard InChI is InChI=1S/C22H20N2O5S/c1-12-5-4-6-18(13(12)2)24-20(26)17(19(25)23-22(24)30)11-15-7-9-16(10-8-15)29-14(3)21(27)28/h4-11,14H,1-3H3,(H,27,28)(H,23,25,30)/b17-11-/t14-/m0/s1. The summed E-state index contributed by atoms with van der Waals surface area (Å²) in [5, 5.41) is 11.5. The molecule has 1 aliphatic rings. The maximum absolute atomic E-state index is 13.1. The molecule has 2 N–H and O–H groups in total. The zero-order valence-corrected chi connectivity index (χ0v) is 17.4. The fraction of sp³-hybridized carbons (Fsp3) is 0.182. The van der Waals surface area contributed by atoms with Crippen molar-refractivity contribution in [2.24, 2.45) is 0 Å². The molecule has 7 nitrogen and oxygen atoms in total. The van der Waals surface area contributed by atoms with Crippen LogP contribution in [0.15, 0.2) is 48.0 Å². The molecule has 1 saturated heterocycles. The molecule has 0 unspecified atom stereocenters. The predicted octanol–water partition coefficient (Wildman–Crippen LogP) is 2.99. The Balaban J connectivity index is 1.91. The van der Waals surface area contributed by atoms with E-state index in [2.05, 4.69) is 5.32 Å². The number of carbonyl (C=O) groups excluding carboxylic acids is 2. The smallest absolute Gasteiger partial charge is 0.344 e. The highest BCUT2D eigenvalue weighted by Crippen LogP contribution is 2.27. The van der Waals surface area contributed by atoms with Gasteiger partial charge < -0.3 is 9.84 Å². The number of nitrogens with zero attached hydrogens (tertiary/aromatic N) is 1. The molecule has 0 aliphatic carbocycles. The van der Waals surface area contributed by atoms with Crippen molar-refractivity contribution in [3.63, 3.8) is 0 Å². The minimum absolute atomic E-state index is 0.0299. The Morgan fingerprint density at radius 2 is 1.83 bits per heavy atom. The Bertz CT molecular complexity index is 1080. The molecule has 3 rings (SSSR count). The van der Waals surface area contributed by atoms with Gasteiger partial charge in [-0.1, -0.05) is 24.3 Å². The van der Waals surface area contributed by atoms with E-state index < -0.39 is 23.9 Å². The molecule has 0 aromatic heterocycles. The lowest BCUT2D eigenvalue weighted by Gasteiger charge is -2.30. The van der Waals surface area contributed by atoms with Crippen LogP contribution in [0.1, 0.15) is 23.6 Å². The summed E-state index contributed by atoms with van der Waals surface area (Å²) in [6.07, 6.45) is 0.467. The Morgan fingerprint density at radius 1 is 1.17 bits per heavy atom. The van der Waals surface area contributed by atoms with Crippen molar-refractivity contribution in [1.29, 1.82) is 0 Å². The van der Waals surface area contributed by atoms with E-state index in [9.17, 15) is 14.4 Å². The summed E-state index contributed by atoms with van der Waals surface area (Å²) in [4.78, 5) is 37.8. The number of carboxylic acids is 1. The monoisotopic (exact) mass is 424 g/mol. The highest BCUT2D eigenvalue weighted by Gasteiger charge is 2.35. The molecule has 0 spiro atoms. The molecule has 1 atom stereocenters. The first-order valence-electron chi connectivity index (χ1n) is 9.16. The van der Waals surface area contributed by atoms with Crippen LogP contribution in [-0.4, -0.2) is 34.1 Å². The van der Waals surface area contributed by atoms with Gasteiger partial charge in [0.2, 0.25) is 0 Å². The average molecular weight is 424 g/mol. The Morgan fingerprint density at radius 3 is 2.47 bits per heavy atom. The maximum atomic E-state index is 13.1. The van der Waals surface area contributed by atoms with E-state index in [0.717, 1.165) is 11.1 Å². The topological polar surface area (TPSA) is 95.9 Å². The SMILES string of the molecule is Cc1cccc(N2C(=O)/C(=C\c3ccc(O[C@@H](C)C(=O)O)cc3)C(=O)NC2=S)c1C. The number of rotatable bonds is 5. The van der Waals surface area contributed by atoms with Crippen LogP contribution < -0.4 is 15.0 Å². The van der Waals surface area contributed by atoms with Crippen molar-refractivity contribution in [3.8, 4) is 5.75 Å². The highest BCUT2D eigenvalue weighted by atomic mass is 32.1. The van der Waals surface area contributed by atoms with Crippen molar-refractivity contribution in [3.05, 3.63) is 64.7 Å². The number of thiocarbonyl (C=S) groups is 1. The molecule has 8 heteroatoms. The number of hydrogen-bond donors (Lipinski definition) is 2. The van der Waals surface area contributed by atoms with Gasteiger partial charge in [0.15, 0.2) is 11.2 Å². The van der Waals surface area contributed by atoms with E-state index in [0.29, 0.717) is 17.0 Å². The molecule has 0 saturated carbocycles. The summed E-state index contributed by atoms with van der Waals surface area (Å²) in [6.45, 7) is 5.24. The number of ether oxygens (including phenoxy) is 1. The molecular weight excluding hydrogens is 404 g/mol. The van der Waals surface area contributed by atoms with Crippen molar-refractivity contribution in [2.75, 3.05) is 4.90 Å². The summed E-state index contributed by atoms with van der Waals surface area (Å²) in [6, 6.07) is 11.9. The van der Waals surface area contributed by atoms with E-state index >= 15 is 0 Å². The third-order valence-electron chi connectivity index (χ3n) is 4.77. The first-order valence-corrected chi connectivity index (χ1v) is 9.57. The minimum atomic E-state index is -1.08. The predicted molar refractivity (Wildman–Crippen MR) is 116 cm³/mol. The van der Waals surface area contributed by atoms with Gasteiger partial charge in [-0.05, 0) is 74.0 Å². The molecule has 2 aromatic carbocycles. The van der Waals surface area contributed by atoms with Crippen molar-refractivity contribution >= 4 is 46.9 Å². The highest BCUT2D eigenvalue weighted by molar-refractivity contribution is 7.80. The van der Waals surface area contributed by atoms with Crippen molar-refractivity contribution < 1.29 is 24.2 Å². The number of hydrogen-bond acceptors (Lipinski definition) is 5. The molecule has 1 fully saturated rings. The molecule has 0 bridgehead atoms. The lowest BCUT2D eigenvalue weighted by molar-refractivity contribution is -0.144. The number of carbonyl (C=O) groups is 3. The zero-order valence-electron chi connectivity index (χ0n) is 16.6. The van der Waals surface area contributed by atoms with Crippen LogP contribution in [0, 0.1) is 13.8 Å². The molecule has 154 valence electrons. The lowest BCUT2D eigenvalue weighted by Crippen LogP contribution is -2.54. The van der Waals surface area contributed by atoms with Crippen LogP contribution in [0.25, 0.3) is 6.08 Å². The van der Waals surface area contributed by atoms with Gasteiger partial charge >= 0.3 is 5.97 Å². The fourth-order valence-electron chi connectivity index (χ4n) is 2.92. The van der Waals surface area contributed by atoms with E-state index in [1.54, 1.807) is 30.3 Å². The molecule has 30 heavy (non-hydrogen) atoms. The van der Waals surface area contributed by atoms with E-state index in [-0.39, 0.29) is 10.7 Å². The average Bonchev–Trinajstić information content (AvgIpc) is 2.69. The molecular formula is C22H20N2O5S. The Kier molecular flexibility index (Phi) is 5.98. The van der Waals surface area contributed by atoms with E-state index in [4.69, 9.17) is 22.1 Å². The number of anilines is 1. The van der Waals surface area contributed by atoms with Gasteiger partial charge in [0.25, 0.3) is 11.8 Å². The summed E-state index contributed by atoms with van der Waals surface area (Å²) >= 11 is 5.24. The molecule has 0 radical (unpaired) electrons. The van der Waals surface area contributed by atoms with Crippen LogP contribution in [0.5, 0.6) is 5.75 Å². The number of aliphatic carboxylic acids is 1. The van der Waals surface area contributed by atoms with Gasteiger partial charge in [-0.3, -0.25) is 19.8 Å². The Hall–Kier alpha value is -3.52. The van der Waals surface area contributed by atoms with E-state index in [1.807, 2.05) is 26.0 Å². The lowest BCUT2D eigenvalue weighted by atomic mass is 10.0. The quantitative estimate of drug-likeness (QED) is 0.435. The second kappa shape index (κ2) is 8.46. The fourth-order valence-corrected chi connectivity index (χ4v) is 3.19. The van der Waals surface area contributed by atoms with Crippen LogP contribution >= 0.6 is 12.2 Å². The van der Waals surface area contributed by atoms with Crippen LogP contribution in [0.2, 0.25) is 0 Å². The number of amides is 2. The second-order valence-electron chi connectivity index (χ2n) is 6.84. The van der Waals surface area contributed by atoms with Gasteiger partial charge in [-0.2, -0.15) is 0 Å². The molecule has 2 aromatic rings. The van der Waals surface area contributed by atoms with Crippen molar-refractivity contribution in [2.45, 2.75) is 26.9 Å². The van der Waals surface area contributed by atoms with Gasteiger partial charge in [0.05, 0.1) is 5.69 Å². The summed E-state index contributed by atoms with van der Waals surface area (Å²) in [5.41, 5.74) is 3.02. The first-order chi connectivity index (χ1) is 14.2.